The number of nitrogens with one attached hydrogen (secondary N) is 1. The van der Waals surface area contributed by atoms with E-state index in [-0.39, 0.29) is 17.9 Å². The van der Waals surface area contributed by atoms with Crippen LogP contribution in [0, 0.1) is 11.3 Å². The zero-order valence-corrected chi connectivity index (χ0v) is 13.7. The van der Waals surface area contributed by atoms with Crippen LogP contribution in [0.15, 0.2) is 0 Å². The first-order chi connectivity index (χ1) is 9.84. The molecule has 0 radical (unpaired) electrons. The number of rotatable bonds is 8. The van der Waals surface area contributed by atoms with Crippen molar-refractivity contribution < 1.29 is 14.7 Å². The van der Waals surface area contributed by atoms with Gasteiger partial charge in [-0.3, -0.25) is 4.79 Å². The highest BCUT2D eigenvalue weighted by Gasteiger charge is 2.34. The fourth-order valence-corrected chi connectivity index (χ4v) is 3.41. The van der Waals surface area contributed by atoms with Crippen molar-refractivity contribution in [2.75, 3.05) is 20.1 Å². The molecule has 0 spiro atoms. The molecule has 5 nitrogen and oxygen atoms in total. The van der Waals surface area contributed by atoms with Crippen LogP contribution >= 0.6 is 0 Å². The highest BCUT2D eigenvalue weighted by Crippen LogP contribution is 2.42. The molecule has 0 saturated heterocycles. The van der Waals surface area contributed by atoms with Gasteiger partial charge < -0.3 is 15.3 Å². The van der Waals surface area contributed by atoms with Crippen LogP contribution in [0.4, 0.5) is 4.79 Å². The maximum Gasteiger partial charge on any atom is 0.317 e. The quantitative estimate of drug-likeness (QED) is 0.723. The van der Waals surface area contributed by atoms with Gasteiger partial charge in [-0.2, -0.15) is 0 Å². The number of aliphatic carboxylic acids is 1. The fraction of sp³-hybridized carbons (Fsp3) is 0.875. The van der Waals surface area contributed by atoms with Crippen molar-refractivity contribution in [2.24, 2.45) is 11.3 Å². The van der Waals surface area contributed by atoms with E-state index < -0.39 is 5.97 Å². The molecule has 2 N–H and O–H groups in total. The van der Waals surface area contributed by atoms with Crippen molar-refractivity contribution in [2.45, 2.75) is 58.8 Å². The summed E-state index contributed by atoms with van der Waals surface area (Å²) in [6.07, 6.45) is 6.69. The lowest BCUT2D eigenvalue weighted by Crippen LogP contribution is -2.43. The van der Waals surface area contributed by atoms with E-state index in [4.69, 9.17) is 5.11 Å². The molecule has 0 aromatic rings. The molecule has 1 aliphatic rings. The number of urea groups is 1. The van der Waals surface area contributed by atoms with Gasteiger partial charge in [0.15, 0.2) is 0 Å². The lowest BCUT2D eigenvalue weighted by molar-refractivity contribution is -0.137. The third kappa shape index (κ3) is 6.36. The van der Waals surface area contributed by atoms with E-state index in [9.17, 15) is 9.59 Å². The maximum atomic E-state index is 12.1. The van der Waals surface area contributed by atoms with Crippen molar-refractivity contribution in [3.05, 3.63) is 0 Å². The summed E-state index contributed by atoms with van der Waals surface area (Å²) in [5.74, 6) is -0.168. The minimum atomic E-state index is -0.814. The van der Waals surface area contributed by atoms with Gasteiger partial charge in [0.2, 0.25) is 0 Å². The standard InChI is InChI=1S/C16H30N2O3/c1-13(2)11-16(8-4-5-9-16)12-17-15(21)18(3)10-6-7-14(19)20/h13H,4-12H2,1-3H3,(H,17,21)(H,19,20). The average molecular weight is 298 g/mol. The SMILES string of the molecule is CC(C)CC1(CNC(=O)N(C)CCCC(=O)O)CCCC1. The molecule has 0 aliphatic heterocycles. The molecule has 2 amide bonds. The Bertz CT molecular complexity index is 349. The molecule has 0 atom stereocenters. The molecule has 1 fully saturated rings. The molecular weight excluding hydrogens is 268 g/mol. The molecule has 0 aromatic carbocycles. The summed E-state index contributed by atoms with van der Waals surface area (Å²) in [5.41, 5.74) is 0.270. The van der Waals surface area contributed by atoms with E-state index in [0.717, 1.165) is 13.0 Å². The van der Waals surface area contributed by atoms with Gasteiger partial charge in [-0.1, -0.05) is 26.7 Å². The second kappa shape index (κ2) is 8.25. The Morgan fingerprint density at radius 3 is 2.43 bits per heavy atom. The summed E-state index contributed by atoms with van der Waals surface area (Å²) in [6, 6.07) is -0.0876. The summed E-state index contributed by atoms with van der Waals surface area (Å²) in [6.45, 7) is 5.70. The summed E-state index contributed by atoms with van der Waals surface area (Å²) < 4.78 is 0. The highest BCUT2D eigenvalue weighted by atomic mass is 16.4. The summed E-state index contributed by atoms with van der Waals surface area (Å²) in [5, 5.41) is 11.7. The average Bonchev–Trinajstić information content (AvgIpc) is 2.83. The van der Waals surface area contributed by atoms with E-state index in [1.807, 2.05) is 0 Å². The van der Waals surface area contributed by atoms with Crippen LogP contribution in [-0.2, 0) is 4.79 Å². The third-order valence-corrected chi connectivity index (χ3v) is 4.35. The van der Waals surface area contributed by atoms with Gasteiger partial charge in [0, 0.05) is 26.6 Å². The zero-order valence-electron chi connectivity index (χ0n) is 13.7. The van der Waals surface area contributed by atoms with Crippen LogP contribution in [0.2, 0.25) is 0 Å². The predicted molar refractivity (Wildman–Crippen MR) is 83.3 cm³/mol. The number of amides is 2. The molecule has 0 unspecified atom stereocenters. The Morgan fingerprint density at radius 1 is 1.29 bits per heavy atom. The number of hydrogen-bond donors (Lipinski definition) is 2. The predicted octanol–water partition coefficient (Wildman–Crippen LogP) is 3.10. The Kier molecular flexibility index (Phi) is 6.99. The number of carboxylic acid groups (broad SMARTS) is 1. The van der Waals surface area contributed by atoms with Crippen LogP contribution in [0.25, 0.3) is 0 Å². The van der Waals surface area contributed by atoms with Gasteiger partial charge in [-0.05, 0) is 37.0 Å². The van der Waals surface area contributed by atoms with E-state index in [1.165, 1.54) is 25.7 Å². The molecule has 1 saturated carbocycles. The molecule has 0 aromatic heterocycles. The van der Waals surface area contributed by atoms with Gasteiger partial charge in [0.25, 0.3) is 0 Å². The van der Waals surface area contributed by atoms with E-state index in [2.05, 4.69) is 19.2 Å². The van der Waals surface area contributed by atoms with Crippen molar-refractivity contribution >= 4 is 12.0 Å². The number of carbonyl (C=O) groups excluding carboxylic acids is 1. The second-order valence-corrected chi connectivity index (χ2v) is 6.88. The number of carboxylic acids is 1. The Balaban J connectivity index is 2.37. The van der Waals surface area contributed by atoms with E-state index in [1.54, 1.807) is 11.9 Å². The largest absolute Gasteiger partial charge is 0.481 e. The smallest absolute Gasteiger partial charge is 0.317 e. The van der Waals surface area contributed by atoms with Crippen LogP contribution in [0.3, 0.4) is 0 Å². The van der Waals surface area contributed by atoms with Crippen molar-refractivity contribution in [1.29, 1.82) is 0 Å². The minimum absolute atomic E-state index is 0.0876. The lowest BCUT2D eigenvalue weighted by Gasteiger charge is -2.32. The Hall–Kier alpha value is -1.26. The summed E-state index contributed by atoms with van der Waals surface area (Å²) in [4.78, 5) is 24.1. The van der Waals surface area contributed by atoms with Crippen molar-refractivity contribution in [3.8, 4) is 0 Å². The van der Waals surface area contributed by atoms with Crippen LogP contribution in [0.1, 0.15) is 58.8 Å². The van der Waals surface area contributed by atoms with Gasteiger partial charge in [-0.25, -0.2) is 4.79 Å². The molecule has 1 rings (SSSR count). The second-order valence-electron chi connectivity index (χ2n) is 6.88. The van der Waals surface area contributed by atoms with Gasteiger partial charge in [-0.15, -0.1) is 0 Å². The van der Waals surface area contributed by atoms with Crippen molar-refractivity contribution in [3.63, 3.8) is 0 Å². The molecule has 0 heterocycles. The van der Waals surface area contributed by atoms with E-state index >= 15 is 0 Å². The highest BCUT2D eigenvalue weighted by molar-refractivity contribution is 5.74. The molecular formula is C16H30N2O3. The van der Waals surface area contributed by atoms with Gasteiger partial charge in [0.1, 0.15) is 0 Å². The molecule has 0 bridgehead atoms. The normalized spacial score (nSPS) is 17.0. The molecule has 1 aliphatic carbocycles. The summed E-state index contributed by atoms with van der Waals surface area (Å²) in [7, 11) is 1.72. The van der Waals surface area contributed by atoms with E-state index in [0.29, 0.717) is 18.9 Å². The number of hydrogen-bond acceptors (Lipinski definition) is 2. The van der Waals surface area contributed by atoms with Gasteiger partial charge >= 0.3 is 12.0 Å². The molecule has 122 valence electrons. The maximum absolute atomic E-state index is 12.1. The fourth-order valence-electron chi connectivity index (χ4n) is 3.41. The first-order valence-corrected chi connectivity index (χ1v) is 8.05. The monoisotopic (exact) mass is 298 g/mol. The Morgan fingerprint density at radius 2 is 1.90 bits per heavy atom. The van der Waals surface area contributed by atoms with Crippen LogP contribution in [0.5, 0.6) is 0 Å². The number of nitrogens with zero attached hydrogens (tertiary/aromatic N) is 1. The zero-order chi connectivity index (χ0) is 15.9. The first kappa shape index (κ1) is 17.8. The van der Waals surface area contributed by atoms with Crippen LogP contribution in [-0.4, -0.2) is 42.1 Å². The summed E-state index contributed by atoms with van der Waals surface area (Å²) >= 11 is 0. The number of carbonyl (C=O) groups is 2. The molecule has 21 heavy (non-hydrogen) atoms. The topological polar surface area (TPSA) is 69.6 Å². The lowest BCUT2D eigenvalue weighted by atomic mass is 9.78. The minimum Gasteiger partial charge on any atom is -0.481 e. The third-order valence-electron chi connectivity index (χ3n) is 4.35. The van der Waals surface area contributed by atoms with Crippen molar-refractivity contribution in [1.82, 2.24) is 10.2 Å². The van der Waals surface area contributed by atoms with Crippen LogP contribution < -0.4 is 5.32 Å². The first-order valence-electron chi connectivity index (χ1n) is 8.05. The van der Waals surface area contributed by atoms with Gasteiger partial charge in [0.05, 0.1) is 0 Å². The molecule has 5 heteroatoms. The Labute approximate surface area is 128 Å².